The molecule has 1 aliphatic rings. The molecule has 0 radical (unpaired) electrons. The highest BCUT2D eigenvalue weighted by molar-refractivity contribution is 5.73. The lowest BCUT2D eigenvalue weighted by Gasteiger charge is -2.42. The first-order valence-corrected chi connectivity index (χ1v) is 18.3. The minimum Gasteiger partial charge on any atom is -0.481 e. The highest BCUT2D eigenvalue weighted by atomic mass is 16.7. The van der Waals surface area contributed by atoms with Crippen LogP contribution < -0.4 is 0 Å². The molecule has 0 aromatic rings. The van der Waals surface area contributed by atoms with Crippen molar-refractivity contribution >= 4 is 17.8 Å². The number of carbonyl (C=O) groups excluding carboxylic acids is 1. The van der Waals surface area contributed by atoms with Crippen molar-refractivity contribution in [3.05, 3.63) is 0 Å². The van der Waals surface area contributed by atoms with Crippen LogP contribution in [0.5, 0.6) is 0 Å². The molecule has 0 saturated carbocycles. The van der Waals surface area contributed by atoms with Crippen LogP contribution in [0.2, 0.25) is 0 Å². The molecule has 1 aliphatic heterocycles. The van der Waals surface area contributed by atoms with E-state index in [2.05, 4.69) is 13.8 Å². The van der Waals surface area contributed by atoms with E-state index in [1.807, 2.05) is 4.90 Å². The Balaban J connectivity index is 2.82. The quantitative estimate of drug-likeness (QED) is 0.0703. The smallest absolute Gasteiger partial charge is 0.304 e. The van der Waals surface area contributed by atoms with Crippen LogP contribution in [0.1, 0.15) is 136 Å². The molecule has 12 heteroatoms. The minimum atomic E-state index is -1.59. The molecule has 0 aromatic carbocycles. The third-order valence-corrected chi connectivity index (χ3v) is 9.13. The summed E-state index contributed by atoms with van der Waals surface area (Å²) in [5, 5.41) is 50.0. The van der Waals surface area contributed by atoms with Gasteiger partial charge < -0.3 is 39.9 Å². The van der Waals surface area contributed by atoms with Gasteiger partial charge >= 0.3 is 11.9 Å². The molecular weight excluding hydrogens is 608 g/mol. The highest BCUT2D eigenvalue weighted by Crippen LogP contribution is 2.24. The number of carbonyl (C=O) groups is 3. The van der Waals surface area contributed by atoms with Crippen molar-refractivity contribution in [2.45, 2.75) is 173 Å². The van der Waals surface area contributed by atoms with Crippen LogP contribution in [0.25, 0.3) is 0 Å². The Bertz CT molecular complexity index is 811. The summed E-state index contributed by atoms with van der Waals surface area (Å²) in [6, 6.07) is 0.0803. The Hall–Kier alpha value is -1.83. The summed E-state index contributed by atoms with van der Waals surface area (Å²) in [5.41, 5.74) is 0. The van der Waals surface area contributed by atoms with Gasteiger partial charge in [0.15, 0.2) is 6.29 Å². The average Bonchev–Trinajstić information content (AvgIpc) is 3.03. The lowest BCUT2D eigenvalue weighted by Crippen LogP contribution is -2.61. The van der Waals surface area contributed by atoms with Crippen molar-refractivity contribution in [2.75, 3.05) is 32.8 Å². The maximum atomic E-state index is 12.9. The molecule has 0 unspecified atom stereocenters. The Morgan fingerprint density at radius 2 is 1.15 bits per heavy atom. The largest absolute Gasteiger partial charge is 0.481 e. The predicted molar refractivity (Wildman–Crippen MR) is 180 cm³/mol. The first-order valence-electron chi connectivity index (χ1n) is 18.3. The van der Waals surface area contributed by atoms with Crippen LogP contribution in [-0.2, 0) is 23.9 Å². The number of hydrogen-bond donors (Lipinski definition) is 5. The first kappa shape index (κ1) is 43.2. The van der Waals surface area contributed by atoms with E-state index in [4.69, 9.17) is 19.7 Å². The summed E-state index contributed by atoms with van der Waals surface area (Å²) >= 11 is 0. The van der Waals surface area contributed by atoms with Crippen molar-refractivity contribution in [3.63, 3.8) is 0 Å². The van der Waals surface area contributed by atoms with Gasteiger partial charge in [-0.1, -0.05) is 104 Å². The number of hydrogen-bond acceptors (Lipinski definition) is 9. The Morgan fingerprint density at radius 1 is 0.681 bits per heavy atom. The molecule has 5 N–H and O–H groups in total. The minimum absolute atomic E-state index is 0.0196. The number of aliphatic hydroxyl groups is 3. The van der Waals surface area contributed by atoms with E-state index in [0.29, 0.717) is 0 Å². The molecule has 0 aliphatic carbocycles. The molecule has 1 rings (SSSR count). The molecule has 0 bridgehead atoms. The standard InChI is InChI=1S/C35H66N2O10/c1-4-6-8-10-12-14-16-18-28(19-17-15-13-11-9-7-5-2)37(27(3)38)24-25-46-35-34(45)33(44)32(43)29(47-35)26-36(22-20-30(39)40)23-21-31(41)42/h28-29,32-35,43-45H,4-26H2,1-3H3,(H,39,40)(H,41,42)/t29-,32-,33+,34-,35-/m1/s1. The zero-order valence-corrected chi connectivity index (χ0v) is 29.4. The van der Waals surface area contributed by atoms with Crippen LogP contribution in [0, 0.1) is 0 Å². The number of ether oxygens (including phenoxy) is 2. The van der Waals surface area contributed by atoms with Gasteiger partial charge in [-0.25, -0.2) is 0 Å². The van der Waals surface area contributed by atoms with Crippen molar-refractivity contribution in [1.82, 2.24) is 9.80 Å². The number of carboxylic acid groups (broad SMARTS) is 2. The summed E-state index contributed by atoms with van der Waals surface area (Å²) in [6.07, 6.45) is 11.1. The van der Waals surface area contributed by atoms with Crippen molar-refractivity contribution in [1.29, 1.82) is 0 Å². The highest BCUT2D eigenvalue weighted by Gasteiger charge is 2.44. The number of aliphatic carboxylic acids is 2. The second-order valence-electron chi connectivity index (χ2n) is 13.2. The molecule has 47 heavy (non-hydrogen) atoms. The number of carboxylic acids is 2. The third-order valence-electron chi connectivity index (χ3n) is 9.13. The lowest BCUT2D eigenvalue weighted by atomic mass is 9.98. The third kappa shape index (κ3) is 19.1. The molecular formula is C35H66N2O10. The second kappa shape index (κ2) is 26.1. The monoisotopic (exact) mass is 674 g/mol. The number of aliphatic hydroxyl groups excluding tert-OH is 3. The molecule has 5 atom stereocenters. The summed E-state index contributed by atoms with van der Waals surface area (Å²) in [6.45, 7) is 6.29. The number of nitrogens with zero attached hydrogens (tertiary/aromatic N) is 2. The van der Waals surface area contributed by atoms with Crippen LogP contribution in [-0.4, -0.2) is 123 Å². The maximum Gasteiger partial charge on any atom is 0.304 e. The Labute approximate surface area is 282 Å². The van der Waals surface area contributed by atoms with Gasteiger partial charge in [0.25, 0.3) is 0 Å². The zero-order valence-electron chi connectivity index (χ0n) is 29.4. The molecule has 1 fully saturated rings. The second-order valence-corrected chi connectivity index (χ2v) is 13.2. The lowest BCUT2D eigenvalue weighted by molar-refractivity contribution is -0.298. The van der Waals surface area contributed by atoms with Crippen molar-refractivity contribution in [2.24, 2.45) is 0 Å². The van der Waals surface area contributed by atoms with E-state index in [9.17, 15) is 29.7 Å². The number of amides is 1. The average molecular weight is 675 g/mol. The topological polar surface area (TPSA) is 177 Å². The van der Waals surface area contributed by atoms with E-state index in [0.717, 1.165) is 38.5 Å². The summed E-state index contributed by atoms with van der Waals surface area (Å²) < 4.78 is 11.7. The molecule has 1 amide bonds. The van der Waals surface area contributed by atoms with Crippen LogP contribution in [0.3, 0.4) is 0 Å². The first-order chi connectivity index (χ1) is 22.5. The molecule has 1 saturated heterocycles. The van der Waals surface area contributed by atoms with Crippen LogP contribution >= 0.6 is 0 Å². The molecule has 0 aromatic heterocycles. The number of rotatable bonds is 29. The van der Waals surface area contributed by atoms with Gasteiger partial charge in [-0.15, -0.1) is 0 Å². The molecule has 0 spiro atoms. The Kier molecular flexibility index (Phi) is 24.0. The fourth-order valence-electron chi connectivity index (χ4n) is 6.26. The van der Waals surface area contributed by atoms with Gasteiger partial charge in [-0.3, -0.25) is 19.3 Å². The van der Waals surface area contributed by atoms with Gasteiger partial charge in [-0.2, -0.15) is 0 Å². The normalized spacial score (nSPS) is 21.4. The summed E-state index contributed by atoms with van der Waals surface area (Å²) in [7, 11) is 0. The van der Waals surface area contributed by atoms with E-state index in [1.54, 1.807) is 6.92 Å². The van der Waals surface area contributed by atoms with Crippen molar-refractivity contribution < 1.29 is 49.4 Å². The van der Waals surface area contributed by atoms with Gasteiger partial charge in [0.1, 0.15) is 24.4 Å². The van der Waals surface area contributed by atoms with Gasteiger partial charge in [0, 0.05) is 39.1 Å². The molecule has 1 heterocycles. The molecule has 12 nitrogen and oxygen atoms in total. The zero-order chi connectivity index (χ0) is 35.0. The Morgan fingerprint density at radius 3 is 1.60 bits per heavy atom. The van der Waals surface area contributed by atoms with E-state index in [-0.39, 0.29) is 57.6 Å². The SMILES string of the molecule is CCCCCCCCCC(CCCCCCCCC)N(CCO[C@@H]1O[C@H](CN(CCC(=O)O)CCC(=O)O)[C@@H](O)[C@H](O)[C@H]1O)C(C)=O. The van der Waals surface area contributed by atoms with E-state index >= 15 is 0 Å². The fourth-order valence-corrected chi connectivity index (χ4v) is 6.26. The van der Waals surface area contributed by atoms with Gasteiger partial charge in [-0.05, 0) is 12.8 Å². The van der Waals surface area contributed by atoms with Gasteiger partial charge in [0.05, 0.1) is 19.4 Å². The van der Waals surface area contributed by atoms with E-state index < -0.39 is 42.6 Å². The molecule has 276 valence electrons. The fraction of sp³-hybridized carbons (Fsp3) is 0.914. The van der Waals surface area contributed by atoms with Crippen LogP contribution in [0.15, 0.2) is 0 Å². The summed E-state index contributed by atoms with van der Waals surface area (Å²) in [4.78, 5) is 38.5. The van der Waals surface area contributed by atoms with Crippen molar-refractivity contribution in [3.8, 4) is 0 Å². The van der Waals surface area contributed by atoms with E-state index in [1.165, 1.54) is 69.1 Å². The predicted octanol–water partition coefficient (Wildman–Crippen LogP) is 4.56. The van der Waals surface area contributed by atoms with Crippen LogP contribution in [0.4, 0.5) is 0 Å². The summed E-state index contributed by atoms with van der Waals surface area (Å²) in [5.74, 6) is -2.16. The van der Waals surface area contributed by atoms with Gasteiger partial charge in [0.2, 0.25) is 5.91 Å². The number of unbranched alkanes of at least 4 members (excludes halogenated alkanes) is 12. The maximum absolute atomic E-state index is 12.9.